The van der Waals surface area contributed by atoms with Crippen molar-refractivity contribution >= 4 is 5.97 Å². The Kier molecular flexibility index (Phi) is 2.70. The zero-order valence-electron chi connectivity index (χ0n) is 7.37. The highest BCUT2D eigenvalue weighted by molar-refractivity contribution is 5.66. The van der Waals surface area contributed by atoms with E-state index in [2.05, 4.69) is 0 Å². The van der Waals surface area contributed by atoms with E-state index in [-0.39, 0.29) is 12.3 Å². The first kappa shape index (κ1) is 9.06. The Morgan fingerprint density at radius 1 is 1.67 bits per heavy atom. The van der Waals surface area contributed by atoms with Crippen molar-refractivity contribution in [2.75, 3.05) is 0 Å². The number of rotatable bonds is 1. The van der Waals surface area contributed by atoms with Gasteiger partial charge in [-0.3, -0.25) is 9.53 Å². The second kappa shape index (κ2) is 3.58. The Bertz CT molecular complexity index is 209. The molecule has 0 saturated heterocycles. The van der Waals surface area contributed by atoms with E-state index < -0.39 is 6.29 Å². The summed E-state index contributed by atoms with van der Waals surface area (Å²) >= 11 is 0. The molecule has 2 atom stereocenters. The van der Waals surface area contributed by atoms with Crippen LogP contribution >= 0.6 is 0 Å². The molecule has 0 aromatic heterocycles. The molecule has 0 saturated carbocycles. The third kappa shape index (κ3) is 2.54. The van der Waals surface area contributed by atoms with Crippen LogP contribution in [0.25, 0.3) is 0 Å². The van der Waals surface area contributed by atoms with Crippen LogP contribution in [0.5, 0.6) is 0 Å². The molecule has 0 N–H and O–H groups in total. The molecule has 0 spiro atoms. The minimum absolute atomic E-state index is 0.362. The molecule has 0 aliphatic carbocycles. The standard InChI is InChI=1S/C8H12O4/c1-5-4-8(11-6(2)9)12-7(3)10-5/h4,7-8H,1-3H3. The van der Waals surface area contributed by atoms with Crippen molar-refractivity contribution in [3.63, 3.8) is 0 Å². The molecule has 4 heteroatoms. The Labute approximate surface area is 71.1 Å². The fourth-order valence-corrected chi connectivity index (χ4v) is 0.974. The van der Waals surface area contributed by atoms with E-state index in [1.807, 2.05) is 0 Å². The van der Waals surface area contributed by atoms with Crippen molar-refractivity contribution in [3.8, 4) is 0 Å². The normalized spacial score (nSPS) is 28.8. The van der Waals surface area contributed by atoms with E-state index in [9.17, 15) is 4.79 Å². The van der Waals surface area contributed by atoms with Crippen molar-refractivity contribution in [2.45, 2.75) is 33.4 Å². The maximum absolute atomic E-state index is 10.6. The summed E-state index contributed by atoms with van der Waals surface area (Å²) in [6.07, 6.45) is 0.645. The molecule has 0 fully saturated rings. The average molecular weight is 172 g/mol. The van der Waals surface area contributed by atoms with E-state index in [0.29, 0.717) is 5.76 Å². The van der Waals surface area contributed by atoms with Crippen molar-refractivity contribution in [1.29, 1.82) is 0 Å². The fourth-order valence-electron chi connectivity index (χ4n) is 0.974. The summed E-state index contributed by atoms with van der Waals surface area (Å²) in [4.78, 5) is 10.6. The van der Waals surface area contributed by atoms with Crippen molar-refractivity contribution in [3.05, 3.63) is 11.8 Å². The number of esters is 1. The molecule has 68 valence electrons. The Balaban J connectivity index is 2.54. The lowest BCUT2D eigenvalue weighted by Gasteiger charge is -2.25. The number of carbonyl (C=O) groups is 1. The second-order valence-corrected chi connectivity index (χ2v) is 2.58. The molecule has 1 heterocycles. The molecule has 1 rings (SSSR count). The molecular weight excluding hydrogens is 160 g/mol. The molecule has 0 amide bonds. The van der Waals surface area contributed by atoms with Crippen LogP contribution in [0, 0.1) is 0 Å². The predicted octanol–water partition coefficient (Wildman–Crippen LogP) is 1.17. The van der Waals surface area contributed by atoms with Gasteiger partial charge in [-0.25, -0.2) is 0 Å². The number of allylic oxidation sites excluding steroid dienone is 1. The predicted molar refractivity (Wildman–Crippen MR) is 40.9 cm³/mol. The maximum atomic E-state index is 10.6. The first-order valence-electron chi connectivity index (χ1n) is 3.75. The number of carbonyl (C=O) groups excluding carboxylic acids is 1. The third-order valence-electron chi connectivity index (χ3n) is 1.33. The zero-order chi connectivity index (χ0) is 9.14. The third-order valence-corrected chi connectivity index (χ3v) is 1.33. The topological polar surface area (TPSA) is 44.8 Å². The van der Waals surface area contributed by atoms with Gasteiger partial charge in [0, 0.05) is 13.0 Å². The van der Waals surface area contributed by atoms with Crippen molar-refractivity contribution in [2.24, 2.45) is 0 Å². The summed E-state index contributed by atoms with van der Waals surface area (Å²) in [6, 6.07) is 0. The van der Waals surface area contributed by atoms with E-state index in [1.165, 1.54) is 6.92 Å². The molecule has 0 aromatic carbocycles. The highest BCUT2D eigenvalue weighted by Gasteiger charge is 2.20. The monoisotopic (exact) mass is 172 g/mol. The molecule has 4 nitrogen and oxygen atoms in total. The molecule has 2 unspecified atom stereocenters. The van der Waals surface area contributed by atoms with Crippen LogP contribution in [-0.4, -0.2) is 18.5 Å². The first-order chi connectivity index (χ1) is 5.58. The van der Waals surface area contributed by atoms with Gasteiger partial charge in [0.1, 0.15) is 0 Å². The van der Waals surface area contributed by atoms with Gasteiger partial charge in [0.2, 0.25) is 12.6 Å². The molecular formula is C8H12O4. The van der Waals surface area contributed by atoms with E-state index >= 15 is 0 Å². The van der Waals surface area contributed by atoms with Gasteiger partial charge in [0.15, 0.2) is 0 Å². The van der Waals surface area contributed by atoms with Crippen LogP contribution < -0.4 is 0 Å². The second-order valence-electron chi connectivity index (χ2n) is 2.58. The smallest absolute Gasteiger partial charge is 0.305 e. The van der Waals surface area contributed by atoms with Crippen LogP contribution in [0.1, 0.15) is 20.8 Å². The van der Waals surface area contributed by atoms with Gasteiger partial charge in [-0.15, -0.1) is 0 Å². The van der Waals surface area contributed by atoms with Gasteiger partial charge < -0.3 is 9.47 Å². The minimum Gasteiger partial charge on any atom is -0.470 e. The molecule has 1 aliphatic heterocycles. The molecule has 1 aliphatic rings. The molecule has 0 aromatic rings. The lowest BCUT2D eigenvalue weighted by Crippen LogP contribution is -2.28. The van der Waals surface area contributed by atoms with Gasteiger partial charge >= 0.3 is 5.97 Å². The number of ether oxygens (including phenoxy) is 3. The SMILES string of the molecule is CC(=O)OC1C=C(C)OC(C)O1. The summed E-state index contributed by atoms with van der Waals surface area (Å²) in [5.74, 6) is 0.346. The van der Waals surface area contributed by atoms with Gasteiger partial charge in [0.25, 0.3) is 0 Å². The Hall–Kier alpha value is -1.03. The van der Waals surface area contributed by atoms with Crippen LogP contribution in [0.3, 0.4) is 0 Å². The van der Waals surface area contributed by atoms with Gasteiger partial charge in [-0.05, 0) is 13.8 Å². The van der Waals surface area contributed by atoms with Crippen LogP contribution in [-0.2, 0) is 19.0 Å². The minimum atomic E-state index is -0.605. The molecule has 0 bridgehead atoms. The van der Waals surface area contributed by atoms with Gasteiger partial charge in [0.05, 0.1) is 5.76 Å². The summed E-state index contributed by atoms with van der Waals surface area (Å²) < 4.78 is 15.1. The largest absolute Gasteiger partial charge is 0.470 e. The zero-order valence-corrected chi connectivity index (χ0v) is 7.37. The molecule has 0 radical (unpaired) electrons. The van der Waals surface area contributed by atoms with Crippen molar-refractivity contribution in [1.82, 2.24) is 0 Å². The van der Waals surface area contributed by atoms with Crippen LogP contribution in [0.2, 0.25) is 0 Å². The highest BCUT2D eigenvalue weighted by atomic mass is 16.8. The summed E-state index contributed by atoms with van der Waals surface area (Å²) in [6.45, 7) is 4.87. The quantitative estimate of drug-likeness (QED) is 0.557. The number of hydrogen-bond acceptors (Lipinski definition) is 4. The van der Waals surface area contributed by atoms with E-state index in [0.717, 1.165) is 0 Å². The Morgan fingerprint density at radius 2 is 2.33 bits per heavy atom. The first-order valence-corrected chi connectivity index (χ1v) is 3.75. The fraction of sp³-hybridized carbons (Fsp3) is 0.625. The Morgan fingerprint density at radius 3 is 2.83 bits per heavy atom. The number of hydrogen-bond donors (Lipinski definition) is 0. The van der Waals surface area contributed by atoms with Crippen molar-refractivity contribution < 1.29 is 19.0 Å². The summed E-state index contributed by atoms with van der Waals surface area (Å²) in [5, 5.41) is 0. The van der Waals surface area contributed by atoms with Crippen LogP contribution in [0.15, 0.2) is 11.8 Å². The summed E-state index contributed by atoms with van der Waals surface area (Å²) in [5.41, 5.74) is 0. The average Bonchev–Trinajstić information content (AvgIpc) is 1.81. The summed E-state index contributed by atoms with van der Waals surface area (Å²) in [7, 11) is 0. The van der Waals surface area contributed by atoms with E-state index in [4.69, 9.17) is 14.2 Å². The molecule has 12 heavy (non-hydrogen) atoms. The van der Waals surface area contributed by atoms with Gasteiger partial charge in [-0.2, -0.15) is 0 Å². The lowest BCUT2D eigenvalue weighted by atomic mass is 10.4. The van der Waals surface area contributed by atoms with E-state index in [1.54, 1.807) is 19.9 Å². The van der Waals surface area contributed by atoms with Crippen LogP contribution in [0.4, 0.5) is 0 Å². The lowest BCUT2D eigenvalue weighted by molar-refractivity contribution is -0.221. The van der Waals surface area contributed by atoms with Gasteiger partial charge in [-0.1, -0.05) is 0 Å². The maximum Gasteiger partial charge on any atom is 0.305 e. The highest BCUT2D eigenvalue weighted by Crippen LogP contribution is 2.15.